The summed E-state index contributed by atoms with van der Waals surface area (Å²) in [5.41, 5.74) is 1.18. The standard InChI is InChI=1S/C15H16FN3O/c1-9-13(10(2)19-18-9)17-14(20)12-8-15(12,16)11-6-4-3-5-7-11/h3-7,12H,8H2,1-2H3,(H,17,20)(H,18,19). The monoisotopic (exact) mass is 273 g/mol. The number of hydrogen-bond donors (Lipinski definition) is 2. The molecule has 1 heterocycles. The number of anilines is 1. The van der Waals surface area contributed by atoms with Crippen LogP contribution < -0.4 is 5.32 Å². The molecule has 1 aliphatic carbocycles. The lowest BCUT2D eigenvalue weighted by Gasteiger charge is -2.09. The highest BCUT2D eigenvalue weighted by atomic mass is 19.1. The Morgan fingerprint density at radius 1 is 1.40 bits per heavy atom. The van der Waals surface area contributed by atoms with Crippen molar-refractivity contribution in [1.82, 2.24) is 10.2 Å². The van der Waals surface area contributed by atoms with Crippen LogP contribution >= 0.6 is 0 Å². The number of aromatic amines is 1. The van der Waals surface area contributed by atoms with Gasteiger partial charge in [-0.3, -0.25) is 9.89 Å². The molecule has 1 aromatic carbocycles. The van der Waals surface area contributed by atoms with Crippen molar-refractivity contribution >= 4 is 11.6 Å². The van der Waals surface area contributed by atoms with Gasteiger partial charge in [-0.15, -0.1) is 0 Å². The van der Waals surface area contributed by atoms with E-state index in [1.54, 1.807) is 31.2 Å². The lowest BCUT2D eigenvalue weighted by atomic mass is 10.1. The van der Waals surface area contributed by atoms with Crippen LogP contribution in [0, 0.1) is 19.8 Å². The maximum absolute atomic E-state index is 14.7. The zero-order valence-electron chi connectivity index (χ0n) is 11.4. The van der Waals surface area contributed by atoms with Crippen LogP contribution in [0.4, 0.5) is 10.1 Å². The van der Waals surface area contributed by atoms with Crippen molar-refractivity contribution < 1.29 is 9.18 Å². The van der Waals surface area contributed by atoms with E-state index in [9.17, 15) is 9.18 Å². The van der Waals surface area contributed by atoms with Gasteiger partial charge in [0.2, 0.25) is 5.91 Å². The average Bonchev–Trinajstić information content (AvgIpc) is 3.07. The van der Waals surface area contributed by atoms with Crippen LogP contribution in [-0.2, 0) is 10.5 Å². The molecule has 2 aromatic rings. The van der Waals surface area contributed by atoms with E-state index >= 15 is 0 Å². The number of aromatic nitrogens is 2. The maximum atomic E-state index is 14.7. The number of rotatable bonds is 3. The average molecular weight is 273 g/mol. The Hall–Kier alpha value is -2.17. The lowest BCUT2D eigenvalue weighted by molar-refractivity contribution is -0.118. The fourth-order valence-electron chi connectivity index (χ4n) is 2.52. The fourth-order valence-corrected chi connectivity index (χ4v) is 2.52. The number of H-pyrrole nitrogens is 1. The summed E-state index contributed by atoms with van der Waals surface area (Å²) in [4.78, 5) is 12.2. The van der Waals surface area contributed by atoms with Crippen molar-refractivity contribution in [2.24, 2.45) is 5.92 Å². The van der Waals surface area contributed by atoms with Gasteiger partial charge in [0.15, 0.2) is 0 Å². The molecule has 1 fully saturated rings. The van der Waals surface area contributed by atoms with E-state index in [0.29, 0.717) is 16.9 Å². The highest BCUT2D eigenvalue weighted by Crippen LogP contribution is 2.56. The van der Waals surface area contributed by atoms with Crippen molar-refractivity contribution in [3.8, 4) is 0 Å². The molecule has 0 radical (unpaired) electrons. The molecule has 0 bridgehead atoms. The molecule has 0 saturated heterocycles. The Bertz CT molecular complexity index is 633. The van der Waals surface area contributed by atoms with Crippen LogP contribution in [0.25, 0.3) is 0 Å². The Kier molecular flexibility index (Phi) is 2.85. The van der Waals surface area contributed by atoms with Crippen LogP contribution in [-0.4, -0.2) is 16.1 Å². The second-order valence-electron chi connectivity index (χ2n) is 5.28. The summed E-state index contributed by atoms with van der Waals surface area (Å²) in [6, 6.07) is 8.86. The predicted octanol–water partition coefficient (Wildman–Crippen LogP) is 2.85. The van der Waals surface area contributed by atoms with Crippen LogP contribution in [0.3, 0.4) is 0 Å². The first kappa shape index (κ1) is 12.8. The van der Waals surface area contributed by atoms with Crippen molar-refractivity contribution in [3.63, 3.8) is 0 Å². The van der Waals surface area contributed by atoms with E-state index in [1.807, 2.05) is 13.0 Å². The van der Waals surface area contributed by atoms with Crippen LogP contribution in [0.5, 0.6) is 0 Å². The summed E-state index contributed by atoms with van der Waals surface area (Å²) >= 11 is 0. The number of nitrogens with zero attached hydrogens (tertiary/aromatic N) is 1. The minimum absolute atomic E-state index is 0.235. The van der Waals surface area contributed by atoms with E-state index < -0.39 is 11.6 Å². The van der Waals surface area contributed by atoms with Gasteiger partial charge >= 0.3 is 0 Å². The first-order valence-corrected chi connectivity index (χ1v) is 6.59. The van der Waals surface area contributed by atoms with Gasteiger partial charge in [0, 0.05) is 6.42 Å². The quantitative estimate of drug-likeness (QED) is 0.903. The summed E-state index contributed by atoms with van der Waals surface area (Å²) in [6.45, 7) is 3.62. The van der Waals surface area contributed by atoms with E-state index in [1.165, 1.54) is 0 Å². The largest absolute Gasteiger partial charge is 0.323 e. The van der Waals surface area contributed by atoms with Gasteiger partial charge in [-0.05, 0) is 19.4 Å². The fraction of sp³-hybridized carbons (Fsp3) is 0.333. The zero-order valence-corrected chi connectivity index (χ0v) is 11.4. The van der Waals surface area contributed by atoms with E-state index in [0.717, 1.165) is 5.69 Å². The van der Waals surface area contributed by atoms with Crippen LogP contribution in [0.15, 0.2) is 30.3 Å². The summed E-state index contributed by atoms with van der Waals surface area (Å²) < 4.78 is 14.7. The molecule has 104 valence electrons. The molecule has 2 unspecified atom stereocenters. The first-order valence-electron chi connectivity index (χ1n) is 6.59. The SMILES string of the molecule is Cc1n[nH]c(C)c1NC(=O)C1CC1(F)c1ccccc1. The Balaban J connectivity index is 1.75. The highest BCUT2D eigenvalue weighted by Gasteiger charge is 2.60. The van der Waals surface area contributed by atoms with Crippen LogP contribution in [0.2, 0.25) is 0 Å². The van der Waals surface area contributed by atoms with E-state index in [4.69, 9.17) is 0 Å². The zero-order chi connectivity index (χ0) is 14.3. The van der Waals surface area contributed by atoms with Gasteiger partial charge in [0.05, 0.1) is 23.0 Å². The van der Waals surface area contributed by atoms with Gasteiger partial charge in [-0.2, -0.15) is 5.10 Å². The van der Waals surface area contributed by atoms with Crippen molar-refractivity contribution in [2.75, 3.05) is 5.32 Å². The molecule has 1 saturated carbocycles. The third-order valence-electron chi connectivity index (χ3n) is 3.84. The molecule has 2 N–H and O–H groups in total. The smallest absolute Gasteiger partial charge is 0.231 e. The second kappa shape index (κ2) is 4.44. The molecule has 20 heavy (non-hydrogen) atoms. The normalized spacial score (nSPS) is 24.4. The molecule has 1 amide bonds. The molecule has 1 aromatic heterocycles. The number of alkyl halides is 1. The summed E-state index contributed by atoms with van der Waals surface area (Å²) in [5, 5.41) is 9.58. The first-order chi connectivity index (χ1) is 9.52. The Morgan fingerprint density at radius 3 is 2.70 bits per heavy atom. The van der Waals surface area contributed by atoms with E-state index in [2.05, 4.69) is 15.5 Å². The lowest BCUT2D eigenvalue weighted by Crippen LogP contribution is -2.19. The van der Waals surface area contributed by atoms with Gasteiger partial charge in [-0.25, -0.2) is 4.39 Å². The molecule has 0 aliphatic heterocycles. The third-order valence-corrected chi connectivity index (χ3v) is 3.84. The summed E-state index contributed by atoms with van der Waals surface area (Å²) in [5.74, 6) is -0.914. The third kappa shape index (κ3) is 1.99. The topological polar surface area (TPSA) is 57.8 Å². The van der Waals surface area contributed by atoms with Gasteiger partial charge in [0.25, 0.3) is 0 Å². The second-order valence-corrected chi connectivity index (χ2v) is 5.28. The van der Waals surface area contributed by atoms with Crippen molar-refractivity contribution in [2.45, 2.75) is 25.9 Å². The number of nitrogens with one attached hydrogen (secondary N) is 2. The molecule has 2 atom stereocenters. The molecular formula is C15H16FN3O. The number of aryl methyl sites for hydroxylation is 2. The number of carbonyl (C=O) groups is 1. The summed E-state index contributed by atoms with van der Waals surface area (Å²) in [6.07, 6.45) is 0.235. The number of benzene rings is 1. The minimum atomic E-state index is -1.53. The molecule has 0 spiro atoms. The van der Waals surface area contributed by atoms with Gasteiger partial charge in [-0.1, -0.05) is 30.3 Å². The maximum Gasteiger partial charge on any atom is 0.231 e. The Labute approximate surface area is 116 Å². The number of carbonyl (C=O) groups excluding carboxylic acids is 1. The number of halogens is 1. The highest BCUT2D eigenvalue weighted by molar-refractivity contribution is 5.96. The van der Waals surface area contributed by atoms with Crippen molar-refractivity contribution in [3.05, 3.63) is 47.3 Å². The minimum Gasteiger partial charge on any atom is -0.323 e. The number of hydrogen-bond acceptors (Lipinski definition) is 2. The molecular weight excluding hydrogens is 257 g/mol. The molecule has 1 aliphatic rings. The molecule has 4 nitrogen and oxygen atoms in total. The number of amides is 1. The molecule has 5 heteroatoms. The predicted molar refractivity (Wildman–Crippen MR) is 74.0 cm³/mol. The van der Waals surface area contributed by atoms with Gasteiger partial charge in [0.1, 0.15) is 5.67 Å². The van der Waals surface area contributed by atoms with E-state index in [-0.39, 0.29) is 12.3 Å². The van der Waals surface area contributed by atoms with Crippen LogP contribution in [0.1, 0.15) is 23.4 Å². The summed E-state index contributed by atoms with van der Waals surface area (Å²) in [7, 11) is 0. The van der Waals surface area contributed by atoms with Crippen molar-refractivity contribution in [1.29, 1.82) is 0 Å². The van der Waals surface area contributed by atoms with Gasteiger partial charge < -0.3 is 5.32 Å². The molecule has 3 rings (SSSR count). The Morgan fingerprint density at radius 2 is 2.10 bits per heavy atom.